The average Bonchev–Trinajstić information content (AvgIpc) is 3.76. The minimum atomic E-state index is 0.327. The summed E-state index contributed by atoms with van der Waals surface area (Å²) in [7, 11) is 0. The molecule has 2 aromatic heterocycles. The molecule has 3 heterocycles. The standard InChI is InChI=1S/C43H34N2S/c1-27-17-21-30(22-18-27)44-37-13-5-2-9-31(37)35-25-28(19-23-39(35)44)29-20-24-40-36(26-29)32-10-3-6-14-38(32)45(40)41-15-8-12-34-33-11-4-7-16-42(33)46-43(34)41/h2-15,17,19-21,23-25,29,42H,16,18,22,26H2,1H3. The number of hydrogen-bond acceptors (Lipinski definition) is 1. The van der Waals surface area contributed by atoms with Gasteiger partial charge in [0, 0.05) is 43.6 Å². The number of benzene rings is 4. The van der Waals surface area contributed by atoms with E-state index in [0.29, 0.717) is 11.2 Å². The molecule has 0 N–H and O–H groups in total. The molecule has 4 aliphatic rings. The van der Waals surface area contributed by atoms with Gasteiger partial charge in [-0.15, -0.1) is 11.8 Å². The van der Waals surface area contributed by atoms with Crippen LogP contribution in [0.2, 0.25) is 0 Å². The summed E-state index contributed by atoms with van der Waals surface area (Å²) in [5.74, 6) is 0.327. The predicted octanol–water partition coefficient (Wildman–Crippen LogP) is 11.5. The fraction of sp³-hybridized carbons (Fsp3) is 0.163. The highest BCUT2D eigenvalue weighted by Crippen LogP contribution is 2.51. The molecule has 0 spiro atoms. The number of aromatic nitrogens is 2. The van der Waals surface area contributed by atoms with E-state index in [9.17, 15) is 0 Å². The van der Waals surface area contributed by atoms with Crippen LogP contribution < -0.4 is 0 Å². The third-order valence-electron chi connectivity index (χ3n) is 10.6. The summed E-state index contributed by atoms with van der Waals surface area (Å²) in [6.07, 6.45) is 20.6. The van der Waals surface area contributed by atoms with Crippen LogP contribution in [-0.4, -0.2) is 14.4 Å². The molecule has 3 heteroatoms. The first kappa shape index (κ1) is 26.5. The predicted molar refractivity (Wildman–Crippen MR) is 197 cm³/mol. The van der Waals surface area contributed by atoms with Gasteiger partial charge in [0.1, 0.15) is 0 Å². The van der Waals surface area contributed by atoms with Crippen molar-refractivity contribution in [2.45, 2.75) is 48.7 Å². The highest BCUT2D eigenvalue weighted by atomic mass is 32.2. The van der Waals surface area contributed by atoms with E-state index in [1.54, 1.807) is 0 Å². The molecule has 0 fully saturated rings. The second kappa shape index (κ2) is 10.1. The fourth-order valence-electron chi connectivity index (χ4n) is 8.32. The number of rotatable bonds is 3. The van der Waals surface area contributed by atoms with E-state index in [0.717, 1.165) is 25.7 Å². The first-order chi connectivity index (χ1) is 22.7. The van der Waals surface area contributed by atoms with Gasteiger partial charge in [-0.25, -0.2) is 0 Å². The molecule has 0 bridgehead atoms. The van der Waals surface area contributed by atoms with Crippen LogP contribution in [0, 0.1) is 0 Å². The molecule has 4 aromatic carbocycles. The Morgan fingerprint density at radius 2 is 1.57 bits per heavy atom. The normalized spacial score (nSPS) is 20.1. The van der Waals surface area contributed by atoms with E-state index in [2.05, 4.69) is 144 Å². The number of allylic oxidation sites excluding steroid dienone is 8. The monoisotopic (exact) mass is 610 g/mol. The lowest BCUT2D eigenvalue weighted by atomic mass is 9.86. The third kappa shape index (κ3) is 3.85. The summed E-state index contributed by atoms with van der Waals surface area (Å²) in [5.41, 5.74) is 15.1. The van der Waals surface area contributed by atoms with Gasteiger partial charge in [0.05, 0.1) is 22.2 Å². The lowest BCUT2D eigenvalue weighted by Gasteiger charge is -2.21. The van der Waals surface area contributed by atoms with E-state index >= 15 is 0 Å². The van der Waals surface area contributed by atoms with Gasteiger partial charge in [0.15, 0.2) is 0 Å². The van der Waals surface area contributed by atoms with Crippen molar-refractivity contribution in [1.29, 1.82) is 0 Å². The second-order valence-electron chi connectivity index (χ2n) is 13.2. The molecule has 2 nitrogen and oxygen atoms in total. The first-order valence-corrected chi connectivity index (χ1v) is 17.5. The molecular formula is C43H34N2S. The summed E-state index contributed by atoms with van der Waals surface area (Å²) < 4.78 is 5.04. The number of fused-ring (bicyclic) bond motifs is 9. The van der Waals surface area contributed by atoms with Crippen LogP contribution >= 0.6 is 11.8 Å². The molecule has 46 heavy (non-hydrogen) atoms. The van der Waals surface area contributed by atoms with Gasteiger partial charge in [0.25, 0.3) is 0 Å². The summed E-state index contributed by atoms with van der Waals surface area (Å²) in [5, 5.41) is 4.58. The van der Waals surface area contributed by atoms with Crippen molar-refractivity contribution in [2.24, 2.45) is 0 Å². The quantitative estimate of drug-likeness (QED) is 0.194. The number of thioether (sulfide) groups is 1. The zero-order valence-electron chi connectivity index (χ0n) is 25.9. The largest absolute Gasteiger partial charge is 0.313 e. The van der Waals surface area contributed by atoms with Crippen molar-refractivity contribution in [3.05, 3.63) is 149 Å². The lowest BCUT2D eigenvalue weighted by molar-refractivity contribution is 0.825. The summed E-state index contributed by atoms with van der Waals surface area (Å²) in [6.45, 7) is 2.23. The number of nitrogens with zero attached hydrogens (tertiary/aromatic N) is 2. The Morgan fingerprint density at radius 1 is 0.739 bits per heavy atom. The summed E-state index contributed by atoms with van der Waals surface area (Å²) in [6, 6.07) is 32.1. The van der Waals surface area contributed by atoms with Gasteiger partial charge in [-0.05, 0) is 97.4 Å². The van der Waals surface area contributed by atoms with Crippen LogP contribution in [0.25, 0.3) is 55.7 Å². The Morgan fingerprint density at radius 3 is 2.43 bits per heavy atom. The number of hydrogen-bond donors (Lipinski definition) is 0. The molecule has 10 rings (SSSR count). The smallest absolute Gasteiger partial charge is 0.0604 e. The van der Waals surface area contributed by atoms with E-state index in [-0.39, 0.29) is 0 Å². The van der Waals surface area contributed by atoms with Crippen LogP contribution in [0.4, 0.5) is 0 Å². The molecule has 0 saturated heterocycles. The van der Waals surface area contributed by atoms with Gasteiger partial charge in [-0.2, -0.15) is 0 Å². The molecule has 2 atom stereocenters. The van der Waals surface area contributed by atoms with E-state index in [4.69, 9.17) is 0 Å². The molecule has 0 saturated carbocycles. The highest BCUT2D eigenvalue weighted by Gasteiger charge is 2.32. The molecule has 6 aromatic rings. The first-order valence-electron chi connectivity index (χ1n) is 16.6. The van der Waals surface area contributed by atoms with Gasteiger partial charge in [-0.3, -0.25) is 0 Å². The molecule has 0 amide bonds. The van der Waals surface area contributed by atoms with Crippen LogP contribution in [0.1, 0.15) is 54.5 Å². The van der Waals surface area contributed by atoms with Gasteiger partial charge < -0.3 is 9.13 Å². The molecule has 222 valence electrons. The van der Waals surface area contributed by atoms with E-state index in [1.807, 2.05) is 11.8 Å². The highest BCUT2D eigenvalue weighted by molar-refractivity contribution is 8.01. The van der Waals surface area contributed by atoms with Gasteiger partial charge in [0.2, 0.25) is 0 Å². The van der Waals surface area contributed by atoms with Crippen molar-refractivity contribution >= 4 is 61.8 Å². The Kier molecular flexibility index (Phi) is 5.84. The minimum absolute atomic E-state index is 0.327. The van der Waals surface area contributed by atoms with Crippen molar-refractivity contribution < 1.29 is 0 Å². The van der Waals surface area contributed by atoms with Crippen molar-refractivity contribution in [2.75, 3.05) is 0 Å². The van der Waals surface area contributed by atoms with Crippen LogP contribution in [0.15, 0.2) is 132 Å². The van der Waals surface area contributed by atoms with E-state index in [1.165, 1.54) is 82.5 Å². The van der Waals surface area contributed by atoms with Gasteiger partial charge >= 0.3 is 0 Å². The Labute approximate surface area is 273 Å². The van der Waals surface area contributed by atoms with Crippen molar-refractivity contribution in [1.82, 2.24) is 9.13 Å². The SMILES string of the molecule is CC1=CC=C(n2c3ccccc3c3cc(C4C=Cc5c(c6ccccc6n5-c5cccc6c5SC5CC=CC=C65)C4)ccc32)CC1. The average molecular weight is 611 g/mol. The van der Waals surface area contributed by atoms with Gasteiger partial charge in [-0.1, -0.05) is 90.6 Å². The van der Waals surface area contributed by atoms with E-state index < -0.39 is 0 Å². The Hall–Kier alpha value is -4.73. The second-order valence-corrected chi connectivity index (χ2v) is 14.4. The van der Waals surface area contributed by atoms with Crippen molar-refractivity contribution in [3.63, 3.8) is 0 Å². The maximum absolute atomic E-state index is 2.54. The molecule has 0 radical (unpaired) electrons. The third-order valence-corrected chi connectivity index (χ3v) is 12.0. The fourth-order valence-corrected chi connectivity index (χ4v) is 9.74. The maximum atomic E-state index is 2.54. The zero-order chi connectivity index (χ0) is 30.4. The lowest BCUT2D eigenvalue weighted by Crippen LogP contribution is -2.08. The van der Waals surface area contributed by atoms with Crippen LogP contribution in [0.5, 0.6) is 0 Å². The molecular weight excluding hydrogens is 577 g/mol. The summed E-state index contributed by atoms with van der Waals surface area (Å²) in [4.78, 5) is 1.42. The maximum Gasteiger partial charge on any atom is 0.0604 e. The minimum Gasteiger partial charge on any atom is -0.313 e. The Bertz CT molecular complexity index is 2420. The van der Waals surface area contributed by atoms with Crippen LogP contribution in [0.3, 0.4) is 0 Å². The topological polar surface area (TPSA) is 9.86 Å². The molecule has 1 aliphatic heterocycles. The zero-order valence-corrected chi connectivity index (χ0v) is 26.7. The number of para-hydroxylation sites is 2. The van der Waals surface area contributed by atoms with Crippen molar-refractivity contribution in [3.8, 4) is 5.69 Å². The molecule has 2 unspecified atom stereocenters. The Balaban J connectivity index is 1.09. The van der Waals surface area contributed by atoms with Crippen LogP contribution in [-0.2, 0) is 6.42 Å². The summed E-state index contributed by atoms with van der Waals surface area (Å²) >= 11 is 2.04. The molecule has 3 aliphatic carbocycles.